The van der Waals surface area contributed by atoms with Gasteiger partial charge in [0.1, 0.15) is 0 Å². The van der Waals surface area contributed by atoms with E-state index in [9.17, 15) is 4.79 Å². The molecule has 2 aromatic carbocycles. The average Bonchev–Trinajstić information content (AvgIpc) is 3.24. The van der Waals surface area contributed by atoms with Crippen LogP contribution >= 0.6 is 23.5 Å². The number of carbonyl (C=O) groups is 1. The van der Waals surface area contributed by atoms with Crippen LogP contribution in [0.1, 0.15) is 19.4 Å². The van der Waals surface area contributed by atoms with Crippen LogP contribution in [0.3, 0.4) is 0 Å². The number of amides is 1. The van der Waals surface area contributed by atoms with Crippen molar-refractivity contribution in [1.82, 2.24) is 4.90 Å². The van der Waals surface area contributed by atoms with Crippen LogP contribution in [-0.4, -0.2) is 29.1 Å². The molecule has 2 heterocycles. The van der Waals surface area contributed by atoms with Crippen molar-refractivity contribution in [2.24, 2.45) is 4.99 Å². The van der Waals surface area contributed by atoms with E-state index in [2.05, 4.69) is 42.2 Å². The Morgan fingerprint density at radius 2 is 1.66 bits per heavy atom. The van der Waals surface area contributed by atoms with Crippen LogP contribution in [0.25, 0.3) is 0 Å². The summed E-state index contributed by atoms with van der Waals surface area (Å²) in [6.45, 7) is 7.65. The zero-order valence-corrected chi connectivity index (χ0v) is 18.4. The average molecular weight is 422 g/mol. The molecule has 0 radical (unpaired) electrons. The van der Waals surface area contributed by atoms with Gasteiger partial charge in [-0.1, -0.05) is 42.1 Å². The molecule has 29 heavy (non-hydrogen) atoms. The Balaban J connectivity index is 1.62. The third-order valence-electron chi connectivity index (χ3n) is 4.87. The Morgan fingerprint density at radius 1 is 0.931 bits per heavy atom. The van der Waals surface area contributed by atoms with Crippen molar-refractivity contribution in [3.63, 3.8) is 0 Å². The van der Waals surface area contributed by atoms with Gasteiger partial charge in [-0.05, 0) is 68.4 Å². The van der Waals surface area contributed by atoms with Gasteiger partial charge in [0.05, 0.1) is 21.3 Å². The highest BCUT2D eigenvalue weighted by atomic mass is 32.2. The van der Waals surface area contributed by atoms with Crippen LogP contribution in [0.2, 0.25) is 0 Å². The molecule has 2 aliphatic heterocycles. The highest BCUT2D eigenvalue weighted by Gasteiger charge is 2.32. The van der Waals surface area contributed by atoms with Crippen molar-refractivity contribution in [3.05, 3.63) is 76.2 Å². The quantitative estimate of drug-likeness (QED) is 0.573. The molecule has 148 valence electrons. The lowest BCUT2D eigenvalue weighted by molar-refractivity contribution is -0.122. The molecule has 0 bridgehead atoms. The molecule has 1 fully saturated rings. The van der Waals surface area contributed by atoms with Gasteiger partial charge in [0, 0.05) is 18.0 Å². The first-order valence-electron chi connectivity index (χ1n) is 9.72. The summed E-state index contributed by atoms with van der Waals surface area (Å²) in [4.78, 5) is 23.6. The standard InChI is InChI=1S/C23H23N3OS2/c1-4-25-18-12-8-9-13-19(18)28-21(25)15-14-20-22(27)26(5-2)23(29-20)24-17-11-7-6-10-16(17)3/h6-15H,4-5H2,1-3H3. The number of aliphatic imine (C=N–C) groups is 1. The zero-order chi connectivity index (χ0) is 20.4. The lowest BCUT2D eigenvalue weighted by Gasteiger charge is -2.17. The van der Waals surface area contributed by atoms with Crippen LogP contribution in [0.15, 0.2) is 80.5 Å². The van der Waals surface area contributed by atoms with Crippen molar-refractivity contribution < 1.29 is 4.79 Å². The molecule has 4 rings (SSSR count). The fraction of sp³-hybridized carbons (Fsp3) is 0.217. The molecule has 0 atom stereocenters. The van der Waals surface area contributed by atoms with Crippen LogP contribution in [-0.2, 0) is 4.79 Å². The van der Waals surface area contributed by atoms with Gasteiger partial charge in [0.25, 0.3) is 5.91 Å². The minimum atomic E-state index is 0.0187. The van der Waals surface area contributed by atoms with Gasteiger partial charge in [0.15, 0.2) is 5.17 Å². The summed E-state index contributed by atoms with van der Waals surface area (Å²) in [5.74, 6) is 0.0187. The number of hydrogen-bond acceptors (Lipinski definition) is 5. The van der Waals surface area contributed by atoms with E-state index in [1.54, 1.807) is 16.7 Å². The van der Waals surface area contributed by atoms with Crippen LogP contribution in [0, 0.1) is 6.92 Å². The minimum absolute atomic E-state index is 0.0187. The monoisotopic (exact) mass is 421 g/mol. The van der Waals surface area contributed by atoms with Gasteiger partial charge in [0.2, 0.25) is 0 Å². The number of hydrogen-bond donors (Lipinski definition) is 0. The summed E-state index contributed by atoms with van der Waals surface area (Å²) < 4.78 is 0. The van der Waals surface area contributed by atoms with Crippen molar-refractivity contribution in [1.29, 1.82) is 0 Å². The van der Waals surface area contributed by atoms with Crippen LogP contribution < -0.4 is 4.90 Å². The number of thioether (sulfide) groups is 2. The first kappa shape index (κ1) is 19.9. The van der Waals surface area contributed by atoms with Crippen LogP contribution in [0.5, 0.6) is 0 Å². The second kappa shape index (κ2) is 8.51. The van der Waals surface area contributed by atoms with Gasteiger partial charge in [-0.25, -0.2) is 4.99 Å². The summed E-state index contributed by atoms with van der Waals surface area (Å²) in [7, 11) is 0. The number of rotatable bonds is 4. The molecule has 1 amide bonds. The first-order valence-corrected chi connectivity index (χ1v) is 11.4. The molecular weight excluding hydrogens is 398 g/mol. The van der Waals surface area contributed by atoms with Crippen molar-refractivity contribution in [3.8, 4) is 0 Å². The lowest BCUT2D eigenvalue weighted by Crippen LogP contribution is -2.28. The molecule has 0 aliphatic carbocycles. The van der Waals surface area contributed by atoms with Crippen molar-refractivity contribution >= 4 is 46.0 Å². The van der Waals surface area contributed by atoms with E-state index >= 15 is 0 Å². The Bertz CT molecular complexity index is 1040. The predicted molar refractivity (Wildman–Crippen MR) is 125 cm³/mol. The highest BCUT2D eigenvalue weighted by Crippen LogP contribution is 2.45. The third kappa shape index (κ3) is 3.87. The summed E-state index contributed by atoms with van der Waals surface area (Å²) >= 11 is 3.19. The smallest absolute Gasteiger partial charge is 0.266 e. The van der Waals surface area contributed by atoms with E-state index in [0.29, 0.717) is 11.4 Å². The summed E-state index contributed by atoms with van der Waals surface area (Å²) in [6, 6.07) is 16.4. The fourth-order valence-electron chi connectivity index (χ4n) is 3.33. The lowest BCUT2D eigenvalue weighted by atomic mass is 10.2. The van der Waals surface area contributed by atoms with Gasteiger partial charge in [-0.15, -0.1) is 0 Å². The minimum Gasteiger partial charge on any atom is -0.335 e. The maximum atomic E-state index is 12.9. The van der Waals surface area contributed by atoms with Gasteiger partial charge < -0.3 is 4.90 Å². The molecule has 0 aromatic heterocycles. The van der Waals surface area contributed by atoms with E-state index in [1.165, 1.54) is 22.3 Å². The normalized spacial score (nSPS) is 20.4. The van der Waals surface area contributed by atoms with Crippen molar-refractivity contribution in [2.75, 3.05) is 18.0 Å². The van der Waals surface area contributed by atoms with Gasteiger partial charge in [-0.3, -0.25) is 9.69 Å². The number of carbonyl (C=O) groups excluding carboxylic acids is 1. The van der Waals surface area contributed by atoms with E-state index < -0.39 is 0 Å². The number of aryl methyl sites for hydroxylation is 1. The number of likely N-dealkylation sites (N-methyl/N-ethyl adjacent to an activating group) is 1. The fourth-order valence-corrected chi connectivity index (χ4v) is 5.45. The third-order valence-corrected chi connectivity index (χ3v) is 7.02. The largest absolute Gasteiger partial charge is 0.335 e. The Morgan fingerprint density at radius 3 is 2.41 bits per heavy atom. The predicted octanol–water partition coefficient (Wildman–Crippen LogP) is 5.94. The first-order chi connectivity index (χ1) is 14.1. The summed E-state index contributed by atoms with van der Waals surface area (Å²) in [5, 5.41) is 1.88. The molecule has 2 aromatic rings. The zero-order valence-electron chi connectivity index (χ0n) is 16.8. The highest BCUT2D eigenvalue weighted by molar-refractivity contribution is 8.18. The summed E-state index contributed by atoms with van der Waals surface area (Å²) in [5.41, 5.74) is 3.23. The topological polar surface area (TPSA) is 35.9 Å². The molecule has 0 saturated carbocycles. The maximum Gasteiger partial charge on any atom is 0.266 e. The number of amidine groups is 1. The van der Waals surface area contributed by atoms with E-state index in [1.807, 2.05) is 44.2 Å². The number of para-hydroxylation sites is 2. The summed E-state index contributed by atoms with van der Waals surface area (Å²) in [6.07, 6.45) is 3.99. The molecule has 4 nitrogen and oxygen atoms in total. The van der Waals surface area contributed by atoms with Crippen molar-refractivity contribution in [2.45, 2.75) is 25.7 Å². The molecule has 0 spiro atoms. The van der Waals surface area contributed by atoms with E-state index in [-0.39, 0.29) is 5.91 Å². The number of benzene rings is 2. The van der Waals surface area contributed by atoms with Gasteiger partial charge >= 0.3 is 0 Å². The molecule has 1 saturated heterocycles. The number of nitrogens with zero attached hydrogens (tertiary/aromatic N) is 3. The number of anilines is 1. The second-order valence-corrected chi connectivity index (χ2v) is 8.75. The maximum absolute atomic E-state index is 12.9. The number of allylic oxidation sites excluding steroid dienone is 2. The second-order valence-electron chi connectivity index (χ2n) is 6.68. The Labute approximate surface area is 180 Å². The van der Waals surface area contributed by atoms with E-state index in [0.717, 1.165) is 28.0 Å². The molecular formula is C23H23N3OS2. The van der Waals surface area contributed by atoms with Crippen LogP contribution in [0.4, 0.5) is 11.4 Å². The number of fused-ring (bicyclic) bond motifs is 1. The molecule has 0 unspecified atom stereocenters. The van der Waals surface area contributed by atoms with E-state index in [4.69, 9.17) is 4.99 Å². The SMILES string of the molecule is CCN1C(=O)C(=CC=C2Sc3ccccc3N2CC)SC1=Nc1ccccc1C. The molecule has 6 heteroatoms. The Hall–Kier alpha value is -2.44. The molecule has 0 N–H and O–H groups in total. The van der Waals surface area contributed by atoms with Gasteiger partial charge in [-0.2, -0.15) is 0 Å². The molecule has 2 aliphatic rings. The Kier molecular flexibility index (Phi) is 5.83.